The van der Waals surface area contributed by atoms with E-state index < -0.39 is 18.1 Å². The lowest BCUT2D eigenvalue weighted by Gasteiger charge is -2.18. The Balaban J connectivity index is 0.00000385. The first-order valence-electron chi connectivity index (χ1n) is 9.92. The largest absolute Gasteiger partial charge is 0.445 e. The van der Waals surface area contributed by atoms with E-state index in [0.29, 0.717) is 11.4 Å². The molecule has 0 aromatic heterocycles. The third-order valence-electron chi connectivity index (χ3n) is 4.39. The molecule has 0 fully saturated rings. The number of ether oxygens (including phenoxy) is 2. The number of carbonyl (C=O) groups excluding carboxylic acids is 2. The van der Waals surface area contributed by atoms with Gasteiger partial charge in [0.2, 0.25) is 0 Å². The number of esters is 1. The number of amides is 1. The number of guanidine groups is 1. The van der Waals surface area contributed by atoms with Crippen molar-refractivity contribution in [2.75, 3.05) is 0 Å². The molecular formula is C24H25ClN4O4. The van der Waals surface area contributed by atoms with E-state index in [2.05, 4.69) is 10.3 Å². The number of hydrogen-bond donors (Lipinski definition) is 3. The summed E-state index contributed by atoms with van der Waals surface area (Å²) in [7, 11) is 0. The number of benzene rings is 3. The summed E-state index contributed by atoms with van der Waals surface area (Å²) in [5.74, 6) is -0.405. The summed E-state index contributed by atoms with van der Waals surface area (Å²) in [4.78, 5) is 29.1. The van der Waals surface area contributed by atoms with Gasteiger partial charge in [0.15, 0.2) is 5.96 Å². The molecule has 33 heavy (non-hydrogen) atoms. The van der Waals surface area contributed by atoms with E-state index in [0.717, 1.165) is 11.1 Å². The number of hydrogen-bond acceptors (Lipinski definition) is 5. The van der Waals surface area contributed by atoms with Crippen molar-refractivity contribution in [3.05, 3.63) is 96.1 Å². The second kappa shape index (κ2) is 12.7. The number of halogens is 1. The zero-order chi connectivity index (χ0) is 22.8. The lowest BCUT2D eigenvalue weighted by Crippen LogP contribution is -2.44. The van der Waals surface area contributed by atoms with E-state index in [9.17, 15) is 9.59 Å². The Morgan fingerprint density at radius 2 is 1.42 bits per heavy atom. The summed E-state index contributed by atoms with van der Waals surface area (Å²) in [6.07, 6.45) is -0.471. The number of nitrogens with two attached hydrogens (primary N) is 2. The molecule has 1 amide bonds. The molecule has 0 radical (unpaired) electrons. The van der Waals surface area contributed by atoms with Crippen molar-refractivity contribution in [1.82, 2.24) is 5.32 Å². The predicted molar refractivity (Wildman–Crippen MR) is 128 cm³/mol. The van der Waals surface area contributed by atoms with Crippen LogP contribution in [-0.4, -0.2) is 24.1 Å². The average molecular weight is 469 g/mol. The smallest absolute Gasteiger partial charge is 0.408 e. The lowest BCUT2D eigenvalue weighted by molar-refractivity contribution is -0.136. The Labute approximate surface area is 198 Å². The Morgan fingerprint density at radius 3 is 2.00 bits per heavy atom. The molecule has 0 spiro atoms. The highest BCUT2D eigenvalue weighted by molar-refractivity contribution is 5.85. The molecule has 5 N–H and O–H groups in total. The van der Waals surface area contributed by atoms with Gasteiger partial charge >= 0.3 is 12.1 Å². The average Bonchev–Trinajstić information content (AvgIpc) is 2.79. The van der Waals surface area contributed by atoms with Gasteiger partial charge in [0, 0.05) is 6.42 Å². The van der Waals surface area contributed by atoms with Gasteiger partial charge in [-0.25, -0.2) is 14.6 Å². The zero-order valence-corrected chi connectivity index (χ0v) is 18.5. The summed E-state index contributed by atoms with van der Waals surface area (Å²) in [5.41, 5.74) is 12.9. The summed E-state index contributed by atoms with van der Waals surface area (Å²) < 4.78 is 10.7. The van der Waals surface area contributed by atoms with Gasteiger partial charge in [0.25, 0.3) is 0 Å². The highest BCUT2D eigenvalue weighted by Crippen LogP contribution is 2.19. The van der Waals surface area contributed by atoms with Crippen LogP contribution in [0.3, 0.4) is 0 Å². The van der Waals surface area contributed by atoms with E-state index in [4.69, 9.17) is 20.9 Å². The Bertz CT molecular complexity index is 1060. The number of aliphatic imine (C=N–C) groups is 1. The van der Waals surface area contributed by atoms with Crippen LogP contribution in [-0.2, 0) is 22.6 Å². The minimum absolute atomic E-state index is 0. The molecule has 3 aromatic carbocycles. The summed E-state index contributed by atoms with van der Waals surface area (Å²) in [5, 5.41) is 2.60. The van der Waals surface area contributed by atoms with Crippen molar-refractivity contribution in [2.45, 2.75) is 19.1 Å². The quantitative estimate of drug-likeness (QED) is 0.201. The van der Waals surface area contributed by atoms with Gasteiger partial charge < -0.3 is 26.3 Å². The van der Waals surface area contributed by atoms with Crippen molar-refractivity contribution in [3.8, 4) is 5.75 Å². The monoisotopic (exact) mass is 468 g/mol. The topological polar surface area (TPSA) is 129 Å². The molecule has 8 nitrogen and oxygen atoms in total. The van der Waals surface area contributed by atoms with Crippen molar-refractivity contribution in [2.24, 2.45) is 16.5 Å². The number of nitrogens with one attached hydrogen (secondary N) is 1. The van der Waals surface area contributed by atoms with Crippen LogP contribution in [0.4, 0.5) is 10.5 Å². The van der Waals surface area contributed by atoms with E-state index in [1.165, 1.54) is 0 Å². The fourth-order valence-corrected chi connectivity index (χ4v) is 2.88. The molecule has 0 bridgehead atoms. The Hall–Kier alpha value is -4.04. The maximum Gasteiger partial charge on any atom is 0.408 e. The van der Waals surface area contributed by atoms with E-state index in [-0.39, 0.29) is 31.4 Å². The number of alkyl carbamates (subject to hydrolysis) is 1. The molecule has 0 heterocycles. The van der Waals surface area contributed by atoms with Gasteiger partial charge in [0.05, 0.1) is 5.69 Å². The fourth-order valence-electron chi connectivity index (χ4n) is 2.88. The third-order valence-corrected chi connectivity index (χ3v) is 4.39. The van der Waals surface area contributed by atoms with Crippen LogP contribution < -0.4 is 21.5 Å². The number of nitrogens with zero attached hydrogens (tertiary/aromatic N) is 1. The molecule has 1 atom stereocenters. The maximum atomic E-state index is 12.8. The molecule has 0 unspecified atom stereocenters. The first kappa shape index (κ1) is 25.2. The maximum absolute atomic E-state index is 12.8. The van der Waals surface area contributed by atoms with Gasteiger partial charge in [-0.15, -0.1) is 12.4 Å². The standard InChI is InChI=1S/C24H24N4O4.ClH/c25-23(26)27-19-11-13-20(14-12-19)32-22(29)21(15-17-7-3-1-4-8-17)28-24(30)31-16-18-9-5-2-6-10-18;/h1-14,21H,15-16H2,(H,28,30)(H4,25,26,27);1H/t21-;/m1./s1. The molecular weight excluding hydrogens is 444 g/mol. The van der Waals surface area contributed by atoms with Crippen molar-refractivity contribution in [1.29, 1.82) is 0 Å². The fraction of sp³-hybridized carbons (Fsp3) is 0.125. The second-order valence-corrected chi connectivity index (χ2v) is 6.90. The van der Waals surface area contributed by atoms with Gasteiger partial charge in [-0.3, -0.25) is 0 Å². The van der Waals surface area contributed by atoms with E-state index >= 15 is 0 Å². The minimum atomic E-state index is -0.946. The Morgan fingerprint density at radius 1 is 0.848 bits per heavy atom. The highest BCUT2D eigenvalue weighted by Gasteiger charge is 2.24. The first-order chi connectivity index (χ1) is 15.5. The summed E-state index contributed by atoms with van der Waals surface area (Å²) in [6, 6.07) is 24.0. The van der Waals surface area contributed by atoms with Crippen molar-refractivity contribution < 1.29 is 19.1 Å². The SMILES string of the molecule is Cl.NC(N)=Nc1ccc(OC(=O)[C@@H](Cc2ccccc2)NC(=O)OCc2ccccc2)cc1. The molecule has 3 aromatic rings. The molecule has 0 aliphatic rings. The third kappa shape index (κ3) is 8.54. The van der Waals surface area contributed by atoms with Crippen LogP contribution in [0.5, 0.6) is 5.75 Å². The predicted octanol–water partition coefficient (Wildman–Crippen LogP) is 3.46. The van der Waals surface area contributed by atoms with Crippen LogP contribution in [0.15, 0.2) is 89.9 Å². The molecule has 0 saturated heterocycles. The first-order valence-corrected chi connectivity index (χ1v) is 9.92. The number of carbonyl (C=O) groups is 2. The molecule has 172 valence electrons. The van der Waals surface area contributed by atoms with Crippen LogP contribution in [0, 0.1) is 0 Å². The molecule has 0 aliphatic heterocycles. The van der Waals surface area contributed by atoms with Gasteiger partial charge in [-0.1, -0.05) is 60.7 Å². The van der Waals surface area contributed by atoms with Crippen molar-refractivity contribution in [3.63, 3.8) is 0 Å². The van der Waals surface area contributed by atoms with Crippen LogP contribution in [0.2, 0.25) is 0 Å². The molecule has 3 rings (SSSR count). The van der Waals surface area contributed by atoms with Crippen LogP contribution in [0.25, 0.3) is 0 Å². The summed E-state index contributed by atoms with van der Waals surface area (Å²) in [6.45, 7) is 0.0893. The molecule has 9 heteroatoms. The number of rotatable bonds is 8. The minimum Gasteiger partial charge on any atom is -0.445 e. The van der Waals surface area contributed by atoms with E-state index in [1.54, 1.807) is 24.3 Å². The van der Waals surface area contributed by atoms with E-state index in [1.807, 2.05) is 60.7 Å². The van der Waals surface area contributed by atoms with Gasteiger partial charge in [0.1, 0.15) is 18.4 Å². The highest BCUT2D eigenvalue weighted by atomic mass is 35.5. The second-order valence-electron chi connectivity index (χ2n) is 6.90. The van der Waals surface area contributed by atoms with Crippen LogP contribution >= 0.6 is 12.4 Å². The molecule has 0 saturated carbocycles. The zero-order valence-electron chi connectivity index (χ0n) is 17.7. The van der Waals surface area contributed by atoms with Gasteiger partial charge in [-0.05, 0) is 35.4 Å². The van der Waals surface area contributed by atoms with Gasteiger partial charge in [-0.2, -0.15) is 0 Å². The van der Waals surface area contributed by atoms with Crippen LogP contribution in [0.1, 0.15) is 11.1 Å². The summed E-state index contributed by atoms with van der Waals surface area (Å²) >= 11 is 0. The molecule has 0 aliphatic carbocycles. The lowest BCUT2D eigenvalue weighted by atomic mass is 10.1. The normalized spacial score (nSPS) is 10.8. The Kier molecular flexibility index (Phi) is 9.73. The van der Waals surface area contributed by atoms with Crippen molar-refractivity contribution >= 4 is 36.1 Å².